The Kier molecular flexibility index (Phi) is 6.69. The summed E-state index contributed by atoms with van der Waals surface area (Å²) in [6.45, 7) is 4.80. The lowest BCUT2D eigenvalue weighted by atomic mass is 10.2. The quantitative estimate of drug-likeness (QED) is 0.394. The van der Waals surface area contributed by atoms with Crippen LogP contribution in [-0.2, 0) is 13.2 Å². The smallest absolute Gasteiger partial charge is 0.311 e. The van der Waals surface area contributed by atoms with E-state index in [1.165, 1.54) is 18.2 Å². The number of benzene rings is 2. The molecule has 1 fully saturated rings. The summed E-state index contributed by atoms with van der Waals surface area (Å²) in [5.74, 6) is 0.275. The number of carbonyl (C=O) groups excluding carboxylic acids is 1. The fourth-order valence-corrected chi connectivity index (χ4v) is 3.77. The van der Waals surface area contributed by atoms with E-state index in [-0.39, 0.29) is 35.5 Å². The molecule has 0 N–H and O–H groups in total. The molecule has 1 aliphatic heterocycles. The lowest BCUT2D eigenvalue weighted by molar-refractivity contribution is -0.386. The zero-order valence-electron chi connectivity index (χ0n) is 18.2. The first-order chi connectivity index (χ1) is 15.9. The predicted octanol–water partition coefficient (Wildman–Crippen LogP) is 4.17. The third kappa shape index (κ3) is 5.56. The van der Waals surface area contributed by atoms with Crippen LogP contribution in [0.1, 0.15) is 27.4 Å². The van der Waals surface area contributed by atoms with Gasteiger partial charge in [0.2, 0.25) is 0 Å². The highest BCUT2D eigenvalue weighted by molar-refractivity contribution is 5.91. The summed E-state index contributed by atoms with van der Waals surface area (Å²) < 4.78 is 24.6. The zero-order chi connectivity index (χ0) is 23.4. The maximum Gasteiger partial charge on any atom is 0.311 e. The van der Waals surface area contributed by atoms with E-state index in [0.29, 0.717) is 38.5 Å². The van der Waals surface area contributed by atoms with Crippen molar-refractivity contribution in [2.45, 2.75) is 20.1 Å². The van der Waals surface area contributed by atoms with Crippen molar-refractivity contribution in [1.82, 2.24) is 9.80 Å². The number of carbonyl (C=O) groups is 1. The summed E-state index contributed by atoms with van der Waals surface area (Å²) in [4.78, 5) is 27.4. The molecule has 172 valence electrons. The summed E-state index contributed by atoms with van der Waals surface area (Å²) in [5, 5.41) is 11.2. The van der Waals surface area contributed by atoms with Crippen molar-refractivity contribution in [2.75, 3.05) is 26.2 Å². The molecule has 2 heterocycles. The molecule has 0 unspecified atom stereocenters. The monoisotopic (exact) mass is 453 g/mol. The maximum absolute atomic E-state index is 13.4. The molecule has 33 heavy (non-hydrogen) atoms. The Morgan fingerprint density at radius 1 is 1.12 bits per heavy atom. The molecule has 1 saturated heterocycles. The SMILES string of the molecule is Cc1ccc(OCc2ccc(C(=O)N3CCN(Cc4cccc(F)c4)CC3)o2)c([N+](=O)[O-])c1. The van der Waals surface area contributed by atoms with Crippen molar-refractivity contribution < 1.29 is 23.3 Å². The van der Waals surface area contributed by atoms with Crippen LogP contribution in [0, 0.1) is 22.9 Å². The van der Waals surface area contributed by atoms with Gasteiger partial charge in [-0.05, 0) is 48.4 Å². The van der Waals surface area contributed by atoms with Crippen molar-refractivity contribution in [3.63, 3.8) is 0 Å². The lowest BCUT2D eigenvalue weighted by Gasteiger charge is -2.34. The van der Waals surface area contributed by atoms with Crippen molar-refractivity contribution in [3.8, 4) is 5.75 Å². The fraction of sp³-hybridized carbons (Fsp3) is 0.292. The third-order valence-corrected chi connectivity index (χ3v) is 5.51. The highest BCUT2D eigenvalue weighted by Gasteiger charge is 2.24. The summed E-state index contributed by atoms with van der Waals surface area (Å²) >= 11 is 0. The number of aryl methyl sites for hydroxylation is 1. The number of ether oxygens (including phenoxy) is 1. The summed E-state index contributed by atoms with van der Waals surface area (Å²) in [6.07, 6.45) is 0. The summed E-state index contributed by atoms with van der Waals surface area (Å²) in [5.41, 5.74) is 1.55. The number of furan rings is 1. The van der Waals surface area contributed by atoms with E-state index >= 15 is 0 Å². The van der Waals surface area contributed by atoms with Gasteiger partial charge in [-0.1, -0.05) is 18.2 Å². The Morgan fingerprint density at radius 2 is 1.91 bits per heavy atom. The number of nitrogens with zero attached hydrogens (tertiary/aromatic N) is 3. The first-order valence-electron chi connectivity index (χ1n) is 10.6. The molecule has 1 amide bonds. The number of halogens is 1. The number of hydrogen-bond donors (Lipinski definition) is 0. The van der Waals surface area contributed by atoms with Gasteiger partial charge >= 0.3 is 5.69 Å². The van der Waals surface area contributed by atoms with E-state index < -0.39 is 4.92 Å². The highest BCUT2D eigenvalue weighted by atomic mass is 19.1. The number of nitro groups is 1. The molecule has 2 aromatic carbocycles. The number of piperazine rings is 1. The lowest BCUT2D eigenvalue weighted by Crippen LogP contribution is -2.48. The van der Waals surface area contributed by atoms with E-state index in [2.05, 4.69) is 4.90 Å². The van der Waals surface area contributed by atoms with Crippen LogP contribution in [0.4, 0.5) is 10.1 Å². The minimum absolute atomic E-state index is 0.0292. The van der Waals surface area contributed by atoms with Crippen LogP contribution in [0.2, 0.25) is 0 Å². The van der Waals surface area contributed by atoms with Crippen LogP contribution in [0.5, 0.6) is 5.75 Å². The minimum atomic E-state index is -0.493. The van der Waals surface area contributed by atoms with Gasteiger partial charge in [0.15, 0.2) is 11.5 Å². The Morgan fingerprint density at radius 3 is 2.64 bits per heavy atom. The third-order valence-electron chi connectivity index (χ3n) is 5.51. The van der Waals surface area contributed by atoms with E-state index in [1.54, 1.807) is 42.2 Å². The van der Waals surface area contributed by atoms with Crippen LogP contribution in [0.3, 0.4) is 0 Å². The minimum Gasteiger partial charge on any atom is -0.479 e. The van der Waals surface area contributed by atoms with Gasteiger partial charge in [-0.15, -0.1) is 0 Å². The average molecular weight is 453 g/mol. The average Bonchev–Trinajstić information content (AvgIpc) is 3.27. The second kappa shape index (κ2) is 9.83. The van der Waals surface area contributed by atoms with E-state index in [1.807, 2.05) is 6.07 Å². The molecule has 9 heteroatoms. The number of nitro benzene ring substituents is 1. The Bertz CT molecular complexity index is 1150. The molecule has 8 nitrogen and oxygen atoms in total. The molecule has 4 rings (SSSR count). The Hall–Kier alpha value is -3.72. The van der Waals surface area contributed by atoms with Gasteiger partial charge in [0.25, 0.3) is 5.91 Å². The highest BCUT2D eigenvalue weighted by Crippen LogP contribution is 2.28. The summed E-state index contributed by atoms with van der Waals surface area (Å²) in [6, 6.07) is 14.5. The van der Waals surface area contributed by atoms with Gasteiger partial charge in [-0.2, -0.15) is 0 Å². The van der Waals surface area contributed by atoms with Gasteiger partial charge in [0.05, 0.1) is 4.92 Å². The Labute approximate surface area is 190 Å². The van der Waals surface area contributed by atoms with Crippen LogP contribution >= 0.6 is 0 Å². The first-order valence-corrected chi connectivity index (χ1v) is 10.6. The topological polar surface area (TPSA) is 89.1 Å². The van der Waals surface area contributed by atoms with Crippen molar-refractivity contribution in [3.05, 3.63) is 93.2 Å². The molecule has 0 radical (unpaired) electrons. The molecular weight excluding hydrogens is 429 g/mol. The van der Waals surface area contributed by atoms with E-state index in [9.17, 15) is 19.3 Å². The van der Waals surface area contributed by atoms with Crippen molar-refractivity contribution in [2.24, 2.45) is 0 Å². The van der Waals surface area contributed by atoms with Crippen LogP contribution in [0.15, 0.2) is 59.0 Å². The maximum atomic E-state index is 13.4. The zero-order valence-corrected chi connectivity index (χ0v) is 18.2. The second-order valence-corrected chi connectivity index (χ2v) is 7.98. The standard InChI is InChI=1S/C24H24FN3O5/c1-17-5-7-22(21(13-17)28(30)31)32-16-20-6-8-23(33-20)24(29)27-11-9-26(10-12-27)15-18-3-2-4-19(25)14-18/h2-8,13-14H,9-12,15-16H2,1H3. The molecular formula is C24H24FN3O5. The molecule has 1 aromatic heterocycles. The van der Waals surface area contributed by atoms with Crippen LogP contribution < -0.4 is 4.74 Å². The predicted molar refractivity (Wildman–Crippen MR) is 118 cm³/mol. The molecule has 1 aliphatic rings. The number of hydrogen-bond acceptors (Lipinski definition) is 6. The van der Waals surface area contributed by atoms with Crippen LogP contribution in [-0.4, -0.2) is 46.8 Å². The van der Waals surface area contributed by atoms with Crippen molar-refractivity contribution >= 4 is 11.6 Å². The number of rotatable bonds is 7. The molecule has 0 spiro atoms. The molecule has 3 aromatic rings. The van der Waals surface area contributed by atoms with Gasteiger partial charge in [0.1, 0.15) is 18.2 Å². The molecule has 0 aliphatic carbocycles. The van der Waals surface area contributed by atoms with Gasteiger partial charge in [0, 0.05) is 38.8 Å². The van der Waals surface area contributed by atoms with Gasteiger partial charge in [-0.25, -0.2) is 4.39 Å². The second-order valence-electron chi connectivity index (χ2n) is 7.98. The first kappa shape index (κ1) is 22.5. The van der Waals surface area contributed by atoms with Crippen LogP contribution in [0.25, 0.3) is 0 Å². The molecule has 0 bridgehead atoms. The van der Waals surface area contributed by atoms with E-state index in [4.69, 9.17) is 9.15 Å². The van der Waals surface area contributed by atoms with Gasteiger partial charge < -0.3 is 14.1 Å². The largest absolute Gasteiger partial charge is 0.479 e. The normalized spacial score (nSPS) is 14.3. The molecule has 0 saturated carbocycles. The van der Waals surface area contributed by atoms with Gasteiger partial charge in [-0.3, -0.25) is 19.8 Å². The van der Waals surface area contributed by atoms with Crippen molar-refractivity contribution in [1.29, 1.82) is 0 Å². The number of amides is 1. The van der Waals surface area contributed by atoms with E-state index in [0.717, 1.165) is 11.1 Å². The molecule has 0 atom stereocenters. The Balaban J connectivity index is 1.31. The fourth-order valence-electron chi connectivity index (χ4n) is 3.77. The summed E-state index contributed by atoms with van der Waals surface area (Å²) in [7, 11) is 0.